The van der Waals surface area contributed by atoms with Crippen LogP contribution in [0.15, 0.2) is 54.0 Å². The molecule has 0 atom stereocenters. The molecule has 3 aromatic heterocycles. The fourth-order valence-corrected chi connectivity index (χ4v) is 3.36. The zero-order valence-corrected chi connectivity index (χ0v) is 15.7. The Morgan fingerprint density at radius 1 is 1.15 bits per heavy atom. The SMILES string of the molecule is Cc1cc(C)n2ncc(C(=O)Nc3cccc(C#Cc4cccs4)c3)c2n1. The predicted octanol–water partition coefficient (Wildman–Crippen LogP) is 4.06. The molecular formula is C21H16N4OS. The van der Waals surface area contributed by atoms with Crippen LogP contribution in [0.4, 0.5) is 5.69 Å². The first-order chi connectivity index (χ1) is 13.1. The highest BCUT2D eigenvalue weighted by molar-refractivity contribution is 7.10. The molecule has 0 saturated heterocycles. The number of aromatic nitrogens is 3. The van der Waals surface area contributed by atoms with Crippen molar-refractivity contribution >= 4 is 28.6 Å². The number of benzene rings is 1. The minimum Gasteiger partial charge on any atom is -0.322 e. The Hall–Kier alpha value is -3.43. The highest BCUT2D eigenvalue weighted by Gasteiger charge is 2.15. The summed E-state index contributed by atoms with van der Waals surface area (Å²) < 4.78 is 1.67. The first kappa shape index (κ1) is 17.0. The van der Waals surface area contributed by atoms with E-state index in [-0.39, 0.29) is 5.91 Å². The van der Waals surface area contributed by atoms with Gasteiger partial charge in [-0.1, -0.05) is 24.0 Å². The van der Waals surface area contributed by atoms with E-state index in [1.807, 2.05) is 61.7 Å². The molecule has 1 aromatic carbocycles. The number of thiophene rings is 1. The van der Waals surface area contributed by atoms with Crippen LogP contribution < -0.4 is 5.32 Å². The van der Waals surface area contributed by atoms with E-state index >= 15 is 0 Å². The molecule has 0 bridgehead atoms. The lowest BCUT2D eigenvalue weighted by atomic mass is 10.2. The molecule has 0 spiro atoms. The van der Waals surface area contributed by atoms with Gasteiger partial charge in [0.2, 0.25) is 0 Å². The van der Waals surface area contributed by atoms with Crippen LogP contribution in [-0.4, -0.2) is 20.5 Å². The average Bonchev–Trinajstić information content (AvgIpc) is 3.30. The number of rotatable bonds is 2. The summed E-state index contributed by atoms with van der Waals surface area (Å²) in [6.07, 6.45) is 1.55. The number of nitrogens with one attached hydrogen (secondary N) is 1. The molecule has 0 aliphatic rings. The predicted molar refractivity (Wildman–Crippen MR) is 107 cm³/mol. The molecule has 4 rings (SSSR count). The number of carbonyl (C=O) groups is 1. The fourth-order valence-electron chi connectivity index (χ4n) is 2.79. The van der Waals surface area contributed by atoms with Crippen LogP contribution in [0.25, 0.3) is 5.65 Å². The second-order valence-corrected chi connectivity index (χ2v) is 7.04. The highest BCUT2D eigenvalue weighted by Crippen LogP contribution is 2.16. The summed E-state index contributed by atoms with van der Waals surface area (Å²) in [4.78, 5) is 18.2. The van der Waals surface area contributed by atoms with Crippen molar-refractivity contribution in [1.29, 1.82) is 0 Å². The molecular weight excluding hydrogens is 356 g/mol. The van der Waals surface area contributed by atoms with Gasteiger partial charge in [-0.05, 0) is 49.6 Å². The van der Waals surface area contributed by atoms with Gasteiger partial charge in [0.1, 0.15) is 5.56 Å². The molecule has 4 aromatic rings. The van der Waals surface area contributed by atoms with Crippen molar-refractivity contribution in [3.05, 3.63) is 81.4 Å². The summed E-state index contributed by atoms with van der Waals surface area (Å²) in [7, 11) is 0. The molecule has 1 N–H and O–H groups in total. The van der Waals surface area contributed by atoms with E-state index in [0.717, 1.165) is 21.8 Å². The smallest absolute Gasteiger partial charge is 0.261 e. The Bertz CT molecular complexity index is 1200. The van der Waals surface area contributed by atoms with Crippen LogP contribution in [0, 0.1) is 25.7 Å². The van der Waals surface area contributed by atoms with Gasteiger partial charge in [-0.25, -0.2) is 9.50 Å². The first-order valence-electron chi connectivity index (χ1n) is 8.39. The lowest BCUT2D eigenvalue weighted by Gasteiger charge is -2.05. The molecule has 132 valence electrons. The maximum absolute atomic E-state index is 12.7. The van der Waals surface area contributed by atoms with E-state index in [1.54, 1.807) is 22.0 Å². The Morgan fingerprint density at radius 2 is 2.04 bits per heavy atom. The average molecular weight is 372 g/mol. The van der Waals surface area contributed by atoms with Crippen molar-refractivity contribution in [2.45, 2.75) is 13.8 Å². The number of hydrogen-bond acceptors (Lipinski definition) is 4. The number of amides is 1. The summed E-state index contributed by atoms with van der Waals surface area (Å²) in [5.74, 6) is 5.99. The minimum absolute atomic E-state index is 0.245. The van der Waals surface area contributed by atoms with Gasteiger partial charge in [0.05, 0.1) is 11.1 Å². The van der Waals surface area contributed by atoms with Gasteiger partial charge >= 0.3 is 0 Å². The van der Waals surface area contributed by atoms with E-state index in [4.69, 9.17) is 0 Å². The topological polar surface area (TPSA) is 59.3 Å². The zero-order valence-electron chi connectivity index (χ0n) is 14.9. The number of fused-ring (bicyclic) bond motifs is 1. The quantitative estimate of drug-likeness (QED) is 0.540. The molecule has 1 amide bonds. The molecule has 5 nitrogen and oxygen atoms in total. The molecule has 0 radical (unpaired) electrons. The lowest BCUT2D eigenvalue weighted by Crippen LogP contribution is -2.12. The van der Waals surface area contributed by atoms with Crippen LogP contribution in [0.5, 0.6) is 0 Å². The second-order valence-electron chi connectivity index (χ2n) is 6.09. The standard InChI is InChI=1S/C21H16N4OS/c1-14-11-15(2)25-20(23-14)19(13-22-25)21(26)24-17-6-3-5-16(12-17)8-9-18-7-4-10-27-18/h3-7,10-13H,1-2H3,(H,24,26). The van der Waals surface area contributed by atoms with Gasteiger partial charge in [-0.2, -0.15) is 5.10 Å². The van der Waals surface area contributed by atoms with Gasteiger partial charge in [0.15, 0.2) is 5.65 Å². The molecule has 6 heteroatoms. The van der Waals surface area contributed by atoms with Crippen molar-refractivity contribution in [2.24, 2.45) is 0 Å². The molecule has 3 heterocycles. The number of carbonyl (C=O) groups excluding carboxylic acids is 1. The van der Waals surface area contributed by atoms with Crippen LogP contribution in [0.1, 0.15) is 32.2 Å². The van der Waals surface area contributed by atoms with Crippen LogP contribution >= 0.6 is 11.3 Å². The lowest BCUT2D eigenvalue weighted by molar-refractivity contribution is 0.102. The number of anilines is 1. The largest absolute Gasteiger partial charge is 0.322 e. The van der Waals surface area contributed by atoms with Crippen molar-refractivity contribution in [3.8, 4) is 11.8 Å². The second kappa shape index (κ2) is 7.06. The van der Waals surface area contributed by atoms with Crippen molar-refractivity contribution in [3.63, 3.8) is 0 Å². The fraction of sp³-hybridized carbons (Fsp3) is 0.0952. The molecule has 0 aliphatic carbocycles. The van der Waals surface area contributed by atoms with Gasteiger partial charge in [-0.3, -0.25) is 4.79 Å². The van der Waals surface area contributed by atoms with E-state index in [2.05, 4.69) is 27.2 Å². The molecule has 0 aliphatic heterocycles. The Labute approximate surface area is 160 Å². The normalized spacial score (nSPS) is 10.4. The Kier molecular flexibility index (Phi) is 4.45. The molecule has 0 saturated carbocycles. The number of aryl methyl sites for hydroxylation is 2. The highest BCUT2D eigenvalue weighted by atomic mass is 32.1. The maximum Gasteiger partial charge on any atom is 0.261 e. The van der Waals surface area contributed by atoms with Gasteiger partial charge < -0.3 is 5.32 Å². The minimum atomic E-state index is -0.245. The summed E-state index contributed by atoms with van der Waals surface area (Å²) in [5, 5.41) is 9.18. The zero-order chi connectivity index (χ0) is 18.8. The van der Waals surface area contributed by atoms with Crippen molar-refractivity contribution in [2.75, 3.05) is 5.32 Å². The van der Waals surface area contributed by atoms with E-state index in [1.165, 1.54) is 0 Å². The van der Waals surface area contributed by atoms with Crippen molar-refractivity contribution in [1.82, 2.24) is 14.6 Å². The van der Waals surface area contributed by atoms with Crippen LogP contribution in [0.2, 0.25) is 0 Å². The van der Waals surface area contributed by atoms with E-state index < -0.39 is 0 Å². The summed E-state index contributed by atoms with van der Waals surface area (Å²) in [6.45, 7) is 3.84. The van der Waals surface area contributed by atoms with Crippen LogP contribution in [0.3, 0.4) is 0 Å². The number of nitrogens with zero attached hydrogens (tertiary/aromatic N) is 3. The summed E-state index contributed by atoms with van der Waals surface area (Å²) in [6, 6.07) is 13.4. The van der Waals surface area contributed by atoms with Gasteiger partial charge in [0, 0.05) is 22.6 Å². The Morgan fingerprint density at radius 3 is 2.85 bits per heavy atom. The maximum atomic E-state index is 12.7. The third-order valence-electron chi connectivity index (χ3n) is 3.99. The summed E-state index contributed by atoms with van der Waals surface area (Å²) in [5.41, 5.74) is 4.30. The van der Waals surface area contributed by atoms with Gasteiger partial charge in [0.25, 0.3) is 5.91 Å². The van der Waals surface area contributed by atoms with E-state index in [0.29, 0.717) is 16.9 Å². The monoisotopic (exact) mass is 372 g/mol. The summed E-state index contributed by atoms with van der Waals surface area (Å²) >= 11 is 1.60. The van der Waals surface area contributed by atoms with Crippen molar-refractivity contribution < 1.29 is 4.79 Å². The number of hydrogen-bond donors (Lipinski definition) is 1. The van der Waals surface area contributed by atoms with Gasteiger partial charge in [-0.15, -0.1) is 11.3 Å². The molecule has 0 fully saturated rings. The molecule has 0 unspecified atom stereocenters. The molecule has 27 heavy (non-hydrogen) atoms. The van der Waals surface area contributed by atoms with Crippen LogP contribution in [-0.2, 0) is 0 Å². The first-order valence-corrected chi connectivity index (χ1v) is 9.27. The third kappa shape index (κ3) is 3.59. The third-order valence-corrected chi connectivity index (χ3v) is 4.78. The Balaban J connectivity index is 1.59. The van der Waals surface area contributed by atoms with E-state index in [9.17, 15) is 4.79 Å².